The van der Waals surface area contributed by atoms with Crippen molar-refractivity contribution in [1.82, 2.24) is 10.2 Å². The van der Waals surface area contributed by atoms with Gasteiger partial charge in [-0.15, -0.1) is 0 Å². The van der Waals surface area contributed by atoms with Gasteiger partial charge in [0.05, 0.1) is 6.42 Å². The molecular formula is C16H24N2O. The molecule has 0 bridgehead atoms. The van der Waals surface area contributed by atoms with Gasteiger partial charge in [-0.2, -0.15) is 0 Å². The second kappa shape index (κ2) is 7.29. The van der Waals surface area contributed by atoms with E-state index in [2.05, 4.69) is 29.3 Å². The van der Waals surface area contributed by atoms with Crippen molar-refractivity contribution in [1.29, 1.82) is 0 Å². The topological polar surface area (TPSA) is 32.3 Å². The van der Waals surface area contributed by atoms with Crippen LogP contribution >= 0.6 is 0 Å². The summed E-state index contributed by atoms with van der Waals surface area (Å²) in [5, 5.41) is 3.01. The van der Waals surface area contributed by atoms with Crippen molar-refractivity contribution in [2.45, 2.75) is 32.6 Å². The molecule has 1 saturated heterocycles. The lowest BCUT2D eigenvalue weighted by atomic mass is 10.1. The van der Waals surface area contributed by atoms with E-state index in [-0.39, 0.29) is 5.91 Å². The number of rotatable bonds is 5. The monoisotopic (exact) mass is 260 g/mol. The van der Waals surface area contributed by atoms with Gasteiger partial charge in [0.1, 0.15) is 0 Å². The summed E-state index contributed by atoms with van der Waals surface area (Å²) in [5.41, 5.74) is 2.32. The fourth-order valence-electron chi connectivity index (χ4n) is 2.49. The summed E-state index contributed by atoms with van der Waals surface area (Å²) >= 11 is 0. The Morgan fingerprint density at radius 2 is 1.84 bits per heavy atom. The average molecular weight is 260 g/mol. The van der Waals surface area contributed by atoms with Gasteiger partial charge < -0.3 is 10.2 Å². The molecule has 104 valence electrons. The molecule has 0 radical (unpaired) electrons. The van der Waals surface area contributed by atoms with Crippen molar-refractivity contribution >= 4 is 5.91 Å². The Balaban J connectivity index is 1.65. The number of aryl methyl sites for hydroxylation is 1. The van der Waals surface area contributed by atoms with Crippen LogP contribution in [0, 0.1) is 6.92 Å². The highest BCUT2D eigenvalue weighted by molar-refractivity contribution is 5.78. The van der Waals surface area contributed by atoms with Gasteiger partial charge in [-0.1, -0.05) is 36.2 Å². The Labute approximate surface area is 116 Å². The largest absolute Gasteiger partial charge is 0.355 e. The first-order valence-corrected chi connectivity index (χ1v) is 7.28. The molecule has 3 nitrogen and oxygen atoms in total. The molecule has 0 aliphatic carbocycles. The first kappa shape index (κ1) is 14.1. The standard InChI is InChI=1S/C16H24N2O/c1-14-5-7-15(8-6-14)13-16(19)17-9-12-18-10-3-2-4-11-18/h5-8H,2-4,9-13H2,1H3,(H,17,19). The normalized spacial score (nSPS) is 16.3. The van der Waals surface area contributed by atoms with Crippen LogP contribution in [0.3, 0.4) is 0 Å². The van der Waals surface area contributed by atoms with E-state index in [1.165, 1.54) is 37.9 Å². The summed E-state index contributed by atoms with van der Waals surface area (Å²) in [6.07, 6.45) is 4.45. The number of piperidine rings is 1. The zero-order chi connectivity index (χ0) is 13.5. The third-order valence-electron chi connectivity index (χ3n) is 3.68. The molecule has 0 atom stereocenters. The predicted molar refractivity (Wildman–Crippen MR) is 78.2 cm³/mol. The molecule has 0 aromatic heterocycles. The molecule has 0 spiro atoms. The van der Waals surface area contributed by atoms with Gasteiger partial charge >= 0.3 is 0 Å². The molecule has 1 fully saturated rings. The number of benzene rings is 1. The van der Waals surface area contributed by atoms with Crippen LogP contribution in [0.1, 0.15) is 30.4 Å². The van der Waals surface area contributed by atoms with Gasteiger partial charge in [-0.05, 0) is 38.4 Å². The molecule has 1 N–H and O–H groups in total. The van der Waals surface area contributed by atoms with Gasteiger partial charge in [0.2, 0.25) is 5.91 Å². The van der Waals surface area contributed by atoms with E-state index in [0.29, 0.717) is 6.42 Å². The van der Waals surface area contributed by atoms with Gasteiger partial charge in [0, 0.05) is 13.1 Å². The summed E-state index contributed by atoms with van der Waals surface area (Å²) in [4.78, 5) is 14.2. The van der Waals surface area contributed by atoms with Crippen LogP contribution in [0.4, 0.5) is 0 Å². The number of likely N-dealkylation sites (tertiary alicyclic amines) is 1. The van der Waals surface area contributed by atoms with Crippen molar-refractivity contribution in [3.63, 3.8) is 0 Å². The fourth-order valence-corrected chi connectivity index (χ4v) is 2.49. The molecule has 19 heavy (non-hydrogen) atoms. The summed E-state index contributed by atoms with van der Waals surface area (Å²) in [6.45, 7) is 6.19. The first-order valence-electron chi connectivity index (χ1n) is 7.28. The van der Waals surface area contributed by atoms with Gasteiger partial charge in [0.25, 0.3) is 0 Å². The van der Waals surface area contributed by atoms with Gasteiger partial charge in [-0.3, -0.25) is 4.79 Å². The van der Waals surface area contributed by atoms with Crippen molar-refractivity contribution in [2.75, 3.05) is 26.2 Å². The van der Waals surface area contributed by atoms with E-state index in [1.807, 2.05) is 12.1 Å². The molecule has 1 heterocycles. The average Bonchev–Trinajstić information content (AvgIpc) is 2.43. The smallest absolute Gasteiger partial charge is 0.224 e. The number of hydrogen-bond donors (Lipinski definition) is 1. The van der Waals surface area contributed by atoms with E-state index in [9.17, 15) is 4.79 Å². The lowest BCUT2D eigenvalue weighted by Crippen LogP contribution is -2.38. The van der Waals surface area contributed by atoms with Crippen molar-refractivity contribution in [3.05, 3.63) is 35.4 Å². The number of nitrogens with one attached hydrogen (secondary N) is 1. The van der Waals surface area contributed by atoms with Crippen LogP contribution in [0.15, 0.2) is 24.3 Å². The zero-order valence-corrected chi connectivity index (χ0v) is 11.8. The van der Waals surface area contributed by atoms with Crippen LogP contribution in [0.5, 0.6) is 0 Å². The fraction of sp³-hybridized carbons (Fsp3) is 0.562. The number of carbonyl (C=O) groups is 1. The van der Waals surface area contributed by atoms with E-state index in [4.69, 9.17) is 0 Å². The highest BCUT2D eigenvalue weighted by Crippen LogP contribution is 2.07. The second-order valence-corrected chi connectivity index (χ2v) is 5.41. The Bertz CT molecular complexity index is 394. The molecule has 1 amide bonds. The van der Waals surface area contributed by atoms with E-state index >= 15 is 0 Å². The van der Waals surface area contributed by atoms with Crippen LogP contribution in [0.2, 0.25) is 0 Å². The maximum absolute atomic E-state index is 11.8. The van der Waals surface area contributed by atoms with Crippen LogP contribution in [-0.2, 0) is 11.2 Å². The SMILES string of the molecule is Cc1ccc(CC(=O)NCCN2CCCCC2)cc1. The molecule has 0 saturated carbocycles. The molecule has 1 aliphatic rings. The molecule has 3 heteroatoms. The zero-order valence-electron chi connectivity index (χ0n) is 11.8. The minimum atomic E-state index is 0.126. The highest BCUT2D eigenvalue weighted by Gasteiger charge is 2.10. The van der Waals surface area contributed by atoms with Crippen LogP contribution in [0.25, 0.3) is 0 Å². The Hall–Kier alpha value is -1.35. The maximum Gasteiger partial charge on any atom is 0.224 e. The molecule has 1 aromatic rings. The number of hydrogen-bond acceptors (Lipinski definition) is 2. The minimum absolute atomic E-state index is 0.126. The lowest BCUT2D eigenvalue weighted by Gasteiger charge is -2.26. The minimum Gasteiger partial charge on any atom is -0.355 e. The third-order valence-corrected chi connectivity index (χ3v) is 3.68. The Morgan fingerprint density at radius 3 is 2.53 bits per heavy atom. The van der Waals surface area contributed by atoms with E-state index in [1.54, 1.807) is 0 Å². The first-order chi connectivity index (χ1) is 9.24. The van der Waals surface area contributed by atoms with E-state index in [0.717, 1.165) is 18.7 Å². The summed E-state index contributed by atoms with van der Waals surface area (Å²) in [5.74, 6) is 0.126. The van der Waals surface area contributed by atoms with Crippen LogP contribution < -0.4 is 5.32 Å². The predicted octanol–water partition coefficient (Wildman–Crippen LogP) is 2.14. The number of carbonyl (C=O) groups excluding carboxylic acids is 1. The molecular weight excluding hydrogens is 236 g/mol. The maximum atomic E-state index is 11.8. The lowest BCUT2D eigenvalue weighted by molar-refractivity contribution is -0.120. The molecule has 1 aromatic carbocycles. The number of nitrogens with zero attached hydrogens (tertiary/aromatic N) is 1. The van der Waals surface area contributed by atoms with E-state index < -0.39 is 0 Å². The van der Waals surface area contributed by atoms with Crippen molar-refractivity contribution in [2.24, 2.45) is 0 Å². The van der Waals surface area contributed by atoms with Gasteiger partial charge in [-0.25, -0.2) is 0 Å². The van der Waals surface area contributed by atoms with Crippen molar-refractivity contribution in [3.8, 4) is 0 Å². The number of amides is 1. The molecule has 1 aliphatic heterocycles. The van der Waals surface area contributed by atoms with Crippen LogP contribution in [-0.4, -0.2) is 37.0 Å². The van der Waals surface area contributed by atoms with Crippen molar-refractivity contribution < 1.29 is 4.79 Å². The second-order valence-electron chi connectivity index (χ2n) is 5.41. The quantitative estimate of drug-likeness (QED) is 0.879. The highest BCUT2D eigenvalue weighted by atomic mass is 16.1. The summed E-state index contributed by atoms with van der Waals surface area (Å²) < 4.78 is 0. The molecule has 2 rings (SSSR count). The summed E-state index contributed by atoms with van der Waals surface area (Å²) in [7, 11) is 0. The van der Waals surface area contributed by atoms with Gasteiger partial charge in [0.15, 0.2) is 0 Å². The Kier molecular flexibility index (Phi) is 5.40. The molecule has 0 unspecified atom stereocenters. The Morgan fingerprint density at radius 1 is 1.16 bits per heavy atom. The third kappa shape index (κ3) is 5.03. The summed E-state index contributed by atoms with van der Waals surface area (Å²) in [6, 6.07) is 8.16.